The molecular weight excluding hydrogens is 306 g/mol. The fraction of sp³-hybridized carbons (Fsp3) is 0.111. The molecule has 0 bridgehead atoms. The monoisotopic (exact) mass is 323 g/mol. The van der Waals surface area contributed by atoms with Gasteiger partial charge in [-0.05, 0) is 35.7 Å². The lowest BCUT2D eigenvalue weighted by Crippen LogP contribution is -2.30. The van der Waals surface area contributed by atoms with Gasteiger partial charge in [-0.1, -0.05) is 18.2 Å². The van der Waals surface area contributed by atoms with Gasteiger partial charge in [-0.25, -0.2) is 4.79 Å². The lowest BCUT2D eigenvalue weighted by Gasteiger charge is -2.08. The first-order chi connectivity index (χ1) is 11.7. The van der Waals surface area contributed by atoms with Crippen LogP contribution in [0.3, 0.4) is 0 Å². The number of carbonyl (C=O) groups excluding carboxylic acids is 1. The zero-order valence-corrected chi connectivity index (χ0v) is 13.1. The van der Waals surface area contributed by atoms with Crippen molar-refractivity contribution in [1.82, 2.24) is 10.3 Å². The van der Waals surface area contributed by atoms with Crippen molar-refractivity contribution in [2.75, 3.05) is 12.4 Å². The third kappa shape index (κ3) is 3.55. The lowest BCUT2D eigenvalue weighted by molar-refractivity contribution is 0.251. The molecular formula is C18H17N3O3. The molecule has 0 aliphatic carbocycles. The van der Waals surface area contributed by atoms with Crippen LogP contribution in [0.2, 0.25) is 0 Å². The molecule has 6 heteroatoms. The molecule has 1 heterocycles. The van der Waals surface area contributed by atoms with E-state index in [1.807, 2.05) is 30.3 Å². The van der Waals surface area contributed by atoms with Gasteiger partial charge in [-0.3, -0.25) is 4.79 Å². The number of methoxy groups -OCH3 is 1. The van der Waals surface area contributed by atoms with E-state index in [4.69, 9.17) is 4.74 Å². The summed E-state index contributed by atoms with van der Waals surface area (Å²) in [4.78, 5) is 26.8. The molecule has 0 spiro atoms. The number of anilines is 1. The number of fused-ring (bicyclic) bond motifs is 1. The molecule has 0 radical (unpaired) electrons. The Morgan fingerprint density at radius 1 is 1.12 bits per heavy atom. The van der Waals surface area contributed by atoms with Gasteiger partial charge in [0.15, 0.2) is 0 Å². The van der Waals surface area contributed by atoms with Crippen LogP contribution in [0.1, 0.15) is 5.56 Å². The first-order valence-corrected chi connectivity index (χ1v) is 7.45. The number of H-pyrrole nitrogens is 1. The van der Waals surface area contributed by atoms with Crippen LogP contribution in [0.25, 0.3) is 10.9 Å². The number of rotatable bonds is 4. The second kappa shape index (κ2) is 6.87. The van der Waals surface area contributed by atoms with Crippen molar-refractivity contribution in [1.29, 1.82) is 0 Å². The largest absolute Gasteiger partial charge is 0.497 e. The summed E-state index contributed by atoms with van der Waals surface area (Å²) in [5.41, 5.74) is 1.62. The minimum Gasteiger partial charge on any atom is -0.497 e. The minimum absolute atomic E-state index is 0.135. The van der Waals surface area contributed by atoms with Gasteiger partial charge in [0.05, 0.1) is 12.6 Å². The second-order valence-corrected chi connectivity index (χ2v) is 5.25. The summed E-state index contributed by atoms with van der Waals surface area (Å²) in [6.07, 6.45) is 0. The molecule has 24 heavy (non-hydrogen) atoms. The molecule has 3 rings (SSSR count). The maximum Gasteiger partial charge on any atom is 0.319 e. The lowest BCUT2D eigenvalue weighted by atomic mass is 10.1. The van der Waals surface area contributed by atoms with Crippen LogP contribution in [0, 0.1) is 0 Å². The van der Waals surface area contributed by atoms with Crippen molar-refractivity contribution in [2.45, 2.75) is 6.54 Å². The Hall–Kier alpha value is -3.28. The summed E-state index contributed by atoms with van der Waals surface area (Å²) < 4.78 is 5.14. The van der Waals surface area contributed by atoms with Crippen molar-refractivity contribution in [3.05, 3.63) is 70.5 Å². The van der Waals surface area contributed by atoms with Crippen LogP contribution in [0.4, 0.5) is 10.5 Å². The standard InChI is InChI=1S/C18H17N3O3/c1-24-15-8-7-12-9-13(17(22)21-16(12)10-15)11-19-18(23)20-14-5-3-2-4-6-14/h2-10H,11H2,1H3,(H,21,22)(H2,19,20,23). The number of carbonyl (C=O) groups is 1. The summed E-state index contributed by atoms with van der Waals surface area (Å²) in [5, 5.41) is 6.26. The highest BCUT2D eigenvalue weighted by molar-refractivity contribution is 5.89. The van der Waals surface area contributed by atoms with Gasteiger partial charge >= 0.3 is 6.03 Å². The van der Waals surface area contributed by atoms with E-state index in [0.717, 1.165) is 5.39 Å². The van der Waals surface area contributed by atoms with E-state index in [1.54, 1.807) is 31.4 Å². The van der Waals surface area contributed by atoms with E-state index < -0.39 is 0 Å². The van der Waals surface area contributed by atoms with E-state index in [9.17, 15) is 9.59 Å². The molecule has 0 saturated heterocycles. The topological polar surface area (TPSA) is 83.2 Å². The van der Waals surface area contributed by atoms with Crippen molar-refractivity contribution in [3.8, 4) is 5.75 Å². The van der Waals surface area contributed by atoms with E-state index in [1.165, 1.54) is 0 Å². The molecule has 0 aliphatic rings. The molecule has 122 valence electrons. The molecule has 0 fully saturated rings. The van der Waals surface area contributed by atoms with Gasteiger partial charge in [-0.2, -0.15) is 0 Å². The summed E-state index contributed by atoms with van der Waals surface area (Å²) in [5.74, 6) is 0.672. The molecule has 0 saturated carbocycles. The number of aromatic amines is 1. The van der Waals surface area contributed by atoms with Gasteiger partial charge in [0, 0.05) is 23.9 Å². The minimum atomic E-state index is -0.365. The number of para-hydroxylation sites is 1. The van der Waals surface area contributed by atoms with Crippen LogP contribution >= 0.6 is 0 Å². The van der Waals surface area contributed by atoms with E-state index >= 15 is 0 Å². The Morgan fingerprint density at radius 2 is 1.92 bits per heavy atom. The first-order valence-electron chi connectivity index (χ1n) is 7.45. The normalized spacial score (nSPS) is 10.4. The molecule has 3 N–H and O–H groups in total. The number of pyridine rings is 1. The predicted octanol–water partition coefficient (Wildman–Crippen LogP) is 2.86. The Labute approximate surface area is 138 Å². The maximum absolute atomic E-state index is 12.1. The van der Waals surface area contributed by atoms with Crippen molar-refractivity contribution in [2.24, 2.45) is 0 Å². The highest BCUT2D eigenvalue weighted by Crippen LogP contribution is 2.18. The summed E-state index contributed by atoms with van der Waals surface area (Å²) in [7, 11) is 1.57. The quantitative estimate of drug-likeness (QED) is 0.690. The van der Waals surface area contributed by atoms with Gasteiger partial charge in [0.25, 0.3) is 5.56 Å². The zero-order valence-electron chi connectivity index (χ0n) is 13.1. The second-order valence-electron chi connectivity index (χ2n) is 5.25. The number of hydrogen-bond acceptors (Lipinski definition) is 3. The van der Waals surface area contributed by atoms with Crippen LogP contribution < -0.4 is 20.9 Å². The number of nitrogens with one attached hydrogen (secondary N) is 3. The van der Waals surface area contributed by atoms with Crippen molar-refractivity contribution >= 4 is 22.6 Å². The number of amides is 2. The van der Waals surface area contributed by atoms with Crippen molar-refractivity contribution in [3.63, 3.8) is 0 Å². The van der Waals surface area contributed by atoms with Gasteiger partial charge in [0.1, 0.15) is 5.75 Å². The Balaban J connectivity index is 1.72. The third-order valence-electron chi connectivity index (χ3n) is 3.60. The highest BCUT2D eigenvalue weighted by atomic mass is 16.5. The molecule has 2 amide bonds. The molecule has 3 aromatic rings. The van der Waals surface area contributed by atoms with Gasteiger partial charge in [-0.15, -0.1) is 0 Å². The number of aromatic nitrogens is 1. The number of hydrogen-bond donors (Lipinski definition) is 3. The summed E-state index contributed by atoms with van der Waals surface area (Å²) in [6, 6.07) is 15.9. The van der Waals surface area contributed by atoms with Crippen LogP contribution in [-0.2, 0) is 6.54 Å². The molecule has 0 aliphatic heterocycles. The Kier molecular flexibility index (Phi) is 4.47. The molecule has 0 atom stereocenters. The molecule has 0 unspecified atom stereocenters. The van der Waals surface area contributed by atoms with Gasteiger partial charge in [0.2, 0.25) is 0 Å². The average Bonchev–Trinajstić information content (AvgIpc) is 2.60. The van der Waals surface area contributed by atoms with Crippen LogP contribution in [0.5, 0.6) is 5.75 Å². The smallest absolute Gasteiger partial charge is 0.319 e. The summed E-state index contributed by atoms with van der Waals surface area (Å²) >= 11 is 0. The number of benzene rings is 2. The SMILES string of the molecule is COc1ccc2cc(CNC(=O)Nc3ccccc3)c(=O)[nH]c2c1. The van der Waals surface area contributed by atoms with E-state index in [0.29, 0.717) is 22.5 Å². The maximum atomic E-state index is 12.1. The first kappa shape index (κ1) is 15.6. The van der Waals surface area contributed by atoms with Gasteiger partial charge < -0.3 is 20.4 Å². The molecule has 1 aromatic heterocycles. The fourth-order valence-corrected chi connectivity index (χ4v) is 2.36. The van der Waals surface area contributed by atoms with Crippen LogP contribution in [0.15, 0.2) is 59.4 Å². The Bertz CT molecular complexity index is 920. The van der Waals surface area contributed by atoms with Crippen molar-refractivity contribution < 1.29 is 9.53 Å². The predicted molar refractivity (Wildman–Crippen MR) is 93.4 cm³/mol. The number of urea groups is 1. The third-order valence-corrected chi connectivity index (χ3v) is 3.60. The average molecular weight is 323 g/mol. The summed E-state index contributed by atoms with van der Waals surface area (Å²) in [6.45, 7) is 0.135. The Morgan fingerprint density at radius 3 is 2.67 bits per heavy atom. The number of ether oxygens (including phenoxy) is 1. The zero-order chi connectivity index (χ0) is 16.9. The molecule has 6 nitrogen and oxygen atoms in total. The highest BCUT2D eigenvalue weighted by Gasteiger charge is 2.06. The van der Waals surface area contributed by atoms with E-state index in [-0.39, 0.29) is 18.1 Å². The fourth-order valence-electron chi connectivity index (χ4n) is 2.36. The molecule has 2 aromatic carbocycles. The van der Waals surface area contributed by atoms with Crippen LogP contribution in [-0.4, -0.2) is 18.1 Å². The van der Waals surface area contributed by atoms with E-state index in [2.05, 4.69) is 15.6 Å².